The number of hydrogen-bond donors (Lipinski definition) is 2. The van der Waals surface area contributed by atoms with E-state index in [0.717, 1.165) is 12.8 Å². The molecule has 1 fully saturated rings. The number of aromatic nitrogens is 1. The highest BCUT2D eigenvalue weighted by Crippen LogP contribution is 2.28. The molecule has 11 nitrogen and oxygen atoms in total. The highest BCUT2D eigenvalue weighted by molar-refractivity contribution is 5.97. The Morgan fingerprint density at radius 3 is 2.37 bits per heavy atom. The van der Waals surface area contributed by atoms with E-state index in [1.165, 1.54) is 20.1 Å². The lowest BCUT2D eigenvalue weighted by Crippen LogP contribution is -2.48. The SMILES string of the molecule is C=C(/C=C(\C)c1ccc(C(=O)NCC2CC2)nc1C(=O)OC(C)OC(=O)[C@@H](NC(=O)OC(C)(C)C)[C@@H](C)CC)OC. The largest absolute Gasteiger partial charge is 0.497 e. The molecule has 2 rings (SSSR count). The van der Waals surface area contributed by atoms with Crippen molar-refractivity contribution < 1.29 is 38.1 Å². The van der Waals surface area contributed by atoms with Crippen LogP contribution in [0.2, 0.25) is 0 Å². The van der Waals surface area contributed by atoms with Crippen molar-refractivity contribution in [2.75, 3.05) is 13.7 Å². The van der Waals surface area contributed by atoms with Crippen LogP contribution in [0.1, 0.15) is 94.3 Å². The molecule has 226 valence electrons. The van der Waals surface area contributed by atoms with Crippen LogP contribution in [0.5, 0.6) is 0 Å². The van der Waals surface area contributed by atoms with Crippen molar-refractivity contribution in [1.29, 1.82) is 0 Å². The first-order valence-electron chi connectivity index (χ1n) is 13.8. The number of ether oxygens (including phenoxy) is 4. The standard InChI is InChI=1S/C30H43N3O8/c1-10-17(2)24(33-29(37)41-30(6,7)8)27(35)39-20(5)40-28(36)25-22(18(3)15-19(4)38-9)13-14-23(32-25)26(34)31-16-21-11-12-21/h13-15,17,20-21,24H,4,10-12,16H2,1-3,5-9H3,(H,31,34)(H,33,37)/b18-15+/t17-,20?,24-/m0/s1. The van der Waals surface area contributed by atoms with Gasteiger partial charge in [0.2, 0.25) is 6.29 Å². The number of alkyl carbamates (subject to hydrolysis) is 1. The number of rotatable bonds is 13. The zero-order chi connectivity index (χ0) is 30.9. The van der Waals surface area contributed by atoms with Crippen LogP contribution >= 0.6 is 0 Å². The van der Waals surface area contributed by atoms with Gasteiger partial charge in [-0.3, -0.25) is 4.79 Å². The van der Waals surface area contributed by atoms with Crippen molar-refractivity contribution in [2.24, 2.45) is 11.8 Å². The van der Waals surface area contributed by atoms with E-state index >= 15 is 0 Å². The zero-order valence-corrected chi connectivity index (χ0v) is 25.3. The van der Waals surface area contributed by atoms with Crippen molar-refractivity contribution in [3.05, 3.63) is 47.5 Å². The van der Waals surface area contributed by atoms with Gasteiger partial charge >= 0.3 is 18.0 Å². The number of methoxy groups -OCH3 is 1. The summed E-state index contributed by atoms with van der Waals surface area (Å²) in [6, 6.07) is 2.07. The van der Waals surface area contributed by atoms with Gasteiger partial charge in [-0.05, 0) is 76.2 Å². The number of hydrogen-bond acceptors (Lipinski definition) is 9. The molecule has 11 heteroatoms. The monoisotopic (exact) mass is 573 g/mol. The minimum Gasteiger partial charge on any atom is -0.497 e. The van der Waals surface area contributed by atoms with E-state index in [1.807, 2.05) is 6.92 Å². The molecule has 1 aliphatic rings. The van der Waals surface area contributed by atoms with Crippen LogP contribution in [-0.4, -0.2) is 60.5 Å². The fourth-order valence-corrected chi connectivity index (χ4v) is 3.66. The Kier molecular flexibility index (Phi) is 11.9. The summed E-state index contributed by atoms with van der Waals surface area (Å²) in [4.78, 5) is 55.6. The summed E-state index contributed by atoms with van der Waals surface area (Å²) in [5.41, 5.74) is 0.115. The molecule has 0 bridgehead atoms. The Bertz CT molecular complexity index is 1170. The van der Waals surface area contributed by atoms with Crippen molar-refractivity contribution in [3.8, 4) is 0 Å². The molecule has 1 aliphatic carbocycles. The van der Waals surface area contributed by atoms with E-state index in [0.29, 0.717) is 35.8 Å². The molecule has 0 spiro atoms. The molecule has 0 radical (unpaired) electrons. The Balaban J connectivity index is 2.23. The maximum atomic E-state index is 13.3. The molecular formula is C30H43N3O8. The average Bonchev–Trinajstić information content (AvgIpc) is 3.72. The Hall–Kier alpha value is -3.89. The van der Waals surface area contributed by atoms with Gasteiger partial charge in [0.25, 0.3) is 5.91 Å². The molecule has 2 N–H and O–H groups in total. The molecule has 1 unspecified atom stereocenters. The highest BCUT2D eigenvalue weighted by Gasteiger charge is 2.32. The van der Waals surface area contributed by atoms with Crippen molar-refractivity contribution in [2.45, 2.75) is 85.7 Å². The fourth-order valence-electron chi connectivity index (χ4n) is 3.66. The van der Waals surface area contributed by atoms with Crippen LogP contribution in [0.4, 0.5) is 4.79 Å². The zero-order valence-electron chi connectivity index (χ0n) is 25.3. The van der Waals surface area contributed by atoms with Crippen LogP contribution in [0, 0.1) is 11.8 Å². The molecule has 1 saturated carbocycles. The smallest absolute Gasteiger partial charge is 0.408 e. The molecule has 0 aliphatic heterocycles. The number of carbonyl (C=O) groups is 4. The van der Waals surface area contributed by atoms with Gasteiger partial charge in [0.05, 0.1) is 7.11 Å². The van der Waals surface area contributed by atoms with Gasteiger partial charge in [-0.2, -0.15) is 0 Å². The highest BCUT2D eigenvalue weighted by atomic mass is 16.7. The Labute approximate surface area is 242 Å². The van der Waals surface area contributed by atoms with Gasteiger partial charge in [-0.25, -0.2) is 19.4 Å². The summed E-state index contributed by atoms with van der Waals surface area (Å²) >= 11 is 0. The Morgan fingerprint density at radius 1 is 1.15 bits per heavy atom. The second-order valence-corrected chi connectivity index (χ2v) is 11.2. The maximum Gasteiger partial charge on any atom is 0.408 e. The molecule has 1 aromatic heterocycles. The van der Waals surface area contributed by atoms with E-state index in [-0.39, 0.29) is 17.3 Å². The van der Waals surface area contributed by atoms with Crippen molar-refractivity contribution in [1.82, 2.24) is 15.6 Å². The molecule has 41 heavy (non-hydrogen) atoms. The first-order valence-corrected chi connectivity index (χ1v) is 13.8. The van der Waals surface area contributed by atoms with E-state index in [1.54, 1.807) is 46.8 Å². The molecule has 0 aromatic carbocycles. The lowest BCUT2D eigenvalue weighted by molar-refractivity contribution is -0.169. The second-order valence-electron chi connectivity index (χ2n) is 11.2. The number of esters is 2. The summed E-state index contributed by atoms with van der Waals surface area (Å²) in [7, 11) is 1.47. The number of nitrogens with one attached hydrogen (secondary N) is 2. The number of amides is 2. The normalized spacial score (nSPS) is 15.6. The van der Waals surface area contributed by atoms with Crippen molar-refractivity contribution in [3.63, 3.8) is 0 Å². The lowest BCUT2D eigenvalue weighted by atomic mass is 9.99. The Morgan fingerprint density at radius 2 is 1.80 bits per heavy atom. The first kappa shape index (κ1) is 33.3. The number of allylic oxidation sites excluding steroid dienone is 2. The van der Waals surface area contributed by atoms with Crippen LogP contribution in [-0.2, 0) is 23.7 Å². The third kappa shape index (κ3) is 10.9. The van der Waals surface area contributed by atoms with Gasteiger partial charge in [-0.1, -0.05) is 26.8 Å². The topological polar surface area (TPSA) is 142 Å². The molecule has 3 atom stereocenters. The summed E-state index contributed by atoms with van der Waals surface area (Å²) in [6.07, 6.45) is 2.21. The lowest BCUT2D eigenvalue weighted by Gasteiger charge is -2.26. The van der Waals surface area contributed by atoms with E-state index in [4.69, 9.17) is 18.9 Å². The number of pyridine rings is 1. The van der Waals surface area contributed by atoms with Gasteiger partial charge in [0.1, 0.15) is 23.1 Å². The van der Waals surface area contributed by atoms with Crippen LogP contribution < -0.4 is 10.6 Å². The molecule has 1 heterocycles. The fraction of sp³-hybridized carbons (Fsp3) is 0.567. The van der Waals surface area contributed by atoms with Gasteiger partial charge < -0.3 is 29.6 Å². The average molecular weight is 574 g/mol. The number of carbonyl (C=O) groups excluding carboxylic acids is 4. The molecule has 0 saturated heterocycles. The third-order valence-electron chi connectivity index (χ3n) is 6.33. The summed E-state index contributed by atoms with van der Waals surface area (Å²) < 4.78 is 21.2. The van der Waals surface area contributed by atoms with E-state index in [9.17, 15) is 19.2 Å². The number of nitrogens with zero attached hydrogens (tertiary/aromatic N) is 1. The van der Waals surface area contributed by atoms with Crippen LogP contribution in [0.3, 0.4) is 0 Å². The molecule has 1 aromatic rings. The minimum atomic E-state index is -1.33. The van der Waals surface area contributed by atoms with E-state index < -0.39 is 41.9 Å². The second kappa shape index (κ2) is 14.7. The quantitative estimate of drug-likeness (QED) is 0.148. The molecular weight excluding hydrogens is 530 g/mol. The predicted molar refractivity (Wildman–Crippen MR) is 153 cm³/mol. The third-order valence-corrected chi connectivity index (χ3v) is 6.33. The van der Waals surface area contributed by atoms with E-state index in [2.05, 4.69) is 22.2 Å². The van der Waals surface area contributed by atoms with Gasteiger partial charge in [0, 0.05) is 19.0 Å². The predicted octanol–water partition coefficient (Wildman–Crippen LogP) is 4.77. The summed E-state index contributed by atoms with van der Waals surface area (Å²) in [6.45, 7) is 16.2. The maximum absolute atomic E-state index is 13.3. The van der Waals surface area contributed by atoms with Crippen molar-refractivity contribution >= 4 is 29.5 Å². The van der Waals surface area contributed by atoms with Gasteiger partial charge in [-0.15, -0.1) is 0 Å². The minimum absolute atomic E-state index is 0.0442. The summed E-state index contributed by atoms with van der Waals surface area (Å²) in [5.74, 6) is -1.59. The summed E-state index contributed by atoms with van der Waals surface area (Å²) in [5, 5.41) is 5.37. The van der Waals surface area contributed by atoms with Crippen LogP contribution in [0.25, 0.3) is 5.57 Å². The molecule has 2 amide bonds. The van der Waals surface area contributed by atoms with Crippen LogP contribution in [0.15, 0.2) is 30.5 Å². The van der Waals surface area contributed by atoms with Gasteiger partial charge in [0.15, 0.2) is 5.69 Å². The first-order chi connectivity index (χ1) is 19.1.